The molecule has 1 aliphatic rings. The van der Waals surface area contributed by atoms with Gasteiger partial charge in [0.05, 0.1) is 0 Å². The maximum absolute atomic E-state index is 12.4. The van der Waals surface area contributed by atoms with E-state index in [1.54, 1.807) is 17.0 Å². The number of rotatable bonds is 7. The molecular weight excluding hydrogens is 300 g/mol. The minimum Gasteiger partial charge on any atom is -0.352 e. The van der Waals surface area contributed by atoms with E-state index in [0.717, 1.165) is 32.4 Å². The van der Waals surface area contributed by atoms with E-state index in [-0.39, 0.29) is 5.56 Å². The second kappa shape index (κ2) is 9.02. The Morgan fingerprint density at radius 1 is 1.42 bits per heavy atom. The topological polar surface area (TPSA) is 50.2 Å². The standard InChI is InChI=1S/C19H32N4O/c1-5-22-14-11-20-18(19(22)24)23-12-9-17(10-13-23)21-16(4)8-6-7-15(2)3/h7,11,14,16-17,21H,5-6,8-10,12-13H2,1-4H3/t16-/m0/s1. The van der Waals surface area contributed by atoms with Crippen molar-refractivity contribution in [2.24, 2.45) is 0 Å². The number of hydrogen-bond acceptors (Lipinski definition) is 4. The van der Waals surface area contributed by atoms with Crippen LogP contribution in [0.3, 0.4) is 0 Å². The van der Waals surface area contributed by atoms with E-state index in [1.807, 2.05) is 6.92 Å². The molecule has 1 saturated heterocycles. The SMILES string of the molecule is CCn1ccnc(N2CCC(N[C@@H](C)CCC=C(C)C)CC2)c1=O. The Labute approximate surface area is 145 Å². The normalized spacial score (nSPS) is 16.9. The molecule has 134 valence electrons. The predicted molar refractivity (Wildman–Crippen MR) is 101 cm³/mol. The van der Waals surface area contributed by atoms with Gasteiger partial charge in [-0.1, -0.05) is 11.6 Å². The van der Waals surface area contributed by atoms with Crippen LogP contribution in [0.25, 0.3) is 0 Å². The Morgan fingerprint density at radius 2 is 2.12 bits per heavy atom. The molecule has 2 heterocycles. The first-order valence-electron chi connectivity index (χ1n) is 9.21. The van der Waals surface area contributed by atoms with E-state index in [4.69, 9.17) is 0 Å². The first-order valence-corrected chi connectivity index (χ1v) is 9.21. The number of piperidine rings is 1. The molecule has 1 aromatic heterocycles. The van der Waals surface area contributed by atoms with Crippen LogP contribution in [-0.4, -0.2) is 34.7 Å². The lowest BCUT2D eigenvalue weighted by molar-refractivity contribution is 0.366. The minimum atomic E-state index is 0.0292. The van der Waals surface area contributed by atoms with E-state index < -0.39 is 0 Å². The summed E-state index contributed by atoms with van der Waals surface area (Å²) in [7, 11) is 0. The molecule has 0 spiro atoms. The number of nitrogens with one attached hydrogen (secondary N) is 1. The molecule has 1 N–H and O–H groups in total. The summed E-state index contributed by atoms with van der Waals surface area (Å²) in [5.74, 6) is 0.606. The lowest BCUT2D eigenvalue weighted by atomic mass is 10.0. The molecule has 0 unspecified atom stereocenters. The van der Waals surface area contributed by atoms with Crippen LogP contribution in [-0.2, 0) is 6.54 Å². The second-order valence-corrected chi connectivity index (χ2v) is 7.03. The van der Waals surface area contributed by atoms with E-state index in [2.05, 4.69) is 42.0 Å². The Hall–Kier alpha value is -1.62. The summed E-state index contributed by atoms with van der Waals surface area (Å²) in [6.45, 7) is 11.0. The third kappa shape index (κ3) is 5.20. The van der Waals surface area contributed by atoms with Crippen molar-refractivity contribution in [2.75, 3.05) is 18.0 Å². The zero-order valence-electron chi connectivity index (χ0n) is 15.6. The van der Waals surface area contributed by atoms with Gasteiger partial charge in [-0.2, -0.15) is 0 Å². The molecule has 0 radical (unpaired) electrons. The molecule has 2 rings (SSSR count). The van der Waals surface area contributed by atoms with Gasteiger partial charge in [0.25, 0.3) is 5.56 Å². The van der Waals surface area contributed by atoms with Crippen molar-refractivity contribution >= 4 is 5.82 Å². The van der Waals surface area contributed by atoms with Gasteiger partial charge in [0.15, 0.2) is 5.82 Å². The van der Waals surface area contributed by atoms with E-state index in [9.17, 15) is 4.79 Å². The molecule has 0 saturated carbocycles. The smallest absolute Gasteiger partial charge is 0.293 e. The summed E-state index contributed by atoms with van der Waals surface area (Å²) in [4.78, 5) is 18.8. The summed E-state index contributed by atoms with van der Waals surface area (Å²) in [6, 6.07) is 1.07. The van der Waals surface area contributed by atoms with Crippen LogP contribution in [0, 0.1) is 0 Å². The summed E-state index contributed by atoms with van der Waals surface area (Å²) < 4.78 is 1.72. The fraction of sp³-hybridized carbons (Fsp3) is 0.684. The first kappa shape index (κ1) is 18.7. The van der Waals surface area contributed by atoms with Gasteiger partial charge in [0.1, 0.15) is 0 Å². The average Bonchev–Trinajstić information content (AvgIpc) is 2.55. The Bertz CT molecular complexity index is 596. The maximum atomic E-state index is 12.4. The van der Waals surface area contributed by atoms with Crippen molar-refractivity contribution in [1.29, 1.82) is 0 Å². The largest absolute Gasteiger partial charge is 0.352 e. The molecular formula is C19H32N4O. The summed E-state index contributed by atoms with van der Waals surface area (Å²) in [5.41, 5.74) is 1.42. The lowest BCUT2D eigenvalue weighted by Crippen LogP contribution is -2.47. The first-order chi connectivity index (χ1) is 11.5. The Morgan fingerprint density at radius 3 is 2.75 bits per heavy atom. The zero-order valence-corrected chi connectivity index (χ0v) is 15.6. The number of nitrogens with zero attached hydrogens (tertiary/aromatic N) is 3. The quantitative estimate of drug-likeness (QED) is 0.780. The van der Waals surface area contributed by atoms with Crippen LogP contribution in [0.5, 0.6) is 0 Å². The molecule has 1 fully saturated rings. The second-order valence-electron chi connectivity index (χ2n) is 7.03. The highest BCUT2D eigenvalue weighted by Crippen LogP contribution is 2.16. The molecule has 0 aliphatic carbocycles. The monoisotopic (exact) mass is 332 g/mol. The molecule has 1 aromatic rings. The molecule has 24 heavy (non-hydrogen) atoms. The van der Waals surface area contributed by atoms with E-state index >= 15 is 0 Å². The molecule has 0 bridgehead atoms. The number of aryl methyl sites for hydroxylation is 1. The highest BCUT2D eigenvalue weighted by atomic mass is 16.1. The van der Waals surface area contributed by atoms with Crippen LogP contribution >= 0.6 is 0 Å². The van der Waals surface area contributed by atoms with Gasteiger partial charge >= 0.3 is 0 Å². The highest BCUT2D eigenvalue weighted by Gasteiger charge is 2.23. The van der Waals surface area contributed by atoms with E-state index in [0.29, 0.717) is 24.4 Å². The van der Waals surface area contributed by atoms with Crippen molar-refractivity contribution in [1.82, 2.24) is 14.9 Å². The van der Waals surface area contributed by atoms with Gasteiger partial charge < -0.3 is 14.8 Å². The van der Waals surface area contributed by atoms with E-state index in [1.165, 1.54) is 12.0 Å². The highest BCUT2D eigenvalue weighted by molar-refractivity contribution is 5.36. The van der Waals surface area contributed by atoms with Gasteiger partial charge in [-0.15, -0.1) is 0 Å². The molecule has 1 aliphatic heterocycles. The fourth-order valence-electron chi connectivity index (χ4n) is 3.27. The maximum Gasteiger partial charge on any atom is 0.293 e. The molecule has 5 heteroatoms. The van der Waals surface area contributed by atoms with Gasteiger partial charge in [-0.3, -0.25) is 4.79 Å². The van der Waals surface area contributed by atoms with Crippen molar-refractivity contribution in [3.63, 3.8) is 0 Å². The summed E-state index contributed by atoms with van der Waals surface area (Å²) >= 11 is 0. The van der Waals surface area contributed by atoms with Gasteiger partial charge in [0.2, 0.25) is 0 Å². The van der Waals surface area contributed by atoms with Gasteiger partial charge in [-0.05, 0) is 53.4 Å². The van der Waals surface area contributed by atoms with Crippen LogP contribution in [0.15, 0.2) is 28.8 Å². The predicted octanol–water partition coefficient (Wildman–Crippen LogP) is 2.96. The van der Waals surface area contributed by atoms with Crippen LogP contribution in [0.1, 0.15) is 53.4 Å². The van der Waals surface area contributed by atoms with Crippen LogP contribution < -0.4 is 15.8 Å². The van der Waals surface area contributed by atoms with Gasteiger partial charge in [0, 0.05) is 44.1 Å². The number of aromatic nitrogens is 2. The van der Waals surface area contributed by atoms with Crippen LogP contribution in [0.2, 0.25) is 0 Å². The number of anilines is 1. The lowest BCUT2D eigenvalue weighted by Gasteiger charge is -2.34. The summed E-state index contributed by atoms with van der Waals surface area (Å²) in [6.07, 6.45) is 10.2. The third-order valence-electron chi connectivity index (χ3n) is 4.70. The average molecular weight is 332 g/mol. The third-order valence-corrected chi connectivity index (χ3v) is 4.70. The number of allylic oxidation sites excluding steroid dienone is 2. The fourth-order valence-corrected chi connectivity index (χ4v) is 3.27. The van der Waals surface area contributed by atoms with Crippen molar-refractivity contribution in [3.05, 3.63) is 34.4 Å². The Balaban J connectivity index is 1.83. The number of hydrogen-bond donors (Lipinski definition) is 1. The van der Waals surface area contributed by atoms with Crippen molar-refractivity contribution in [3.8, 4) is 0 Å². The molecule has 0 aromatic carbocycles. The molecule has 5 nitrogen and oxygen atoms in total. The zero-order chi connectivity index (χ0) is 17.5. The minimum absolute atomic E-state index is 0.0292. The van der Waals surface area contributed by atoms with Crippen molar-refractivity contribution in [2.45, 2.75) is 72.0 Å². The Kier molecular flexibility index (Phi) is 7.03. The van der Waals surface area contributed by atoms with Crippen LogP contribution in [0.4, 0.5) is 5.82 Å². The molecule has 1 atom stereocenters. The van der Waals surface area contributed by atoms with Gasteiger partial charge in [-0.25, -0.2) is 4.98 Å². The molecule has 0 amide bonds. The summed E-state index contributed by atoms with van der Waals surface area (Å²) in [5, 5.41) is 3.74. The van der Waals surface area contributed by atoms with Crippen molar-refractivity contribution < 1.29 is 0 Å².